The average Bonchev–Trinajstić information content (AvgIpc) is 2.20. The van der Waals surface area contributed by atoms with Crippen molar-refractivity contribution in [1.29, 1.82) is 5.26 Å². The Labute approximate surface area is 94.2 Å². The van der Waals surface area contributed by atoms with E-state index in [1.165, 1.54) is 30.3 Å². The van der Waals surface area contributed by atoms with E-state index in [4.69, 9.17) is 16.9 Å². The first-order valence-electron chi connectivity index (χ1n) is 4.12. The average molecular weight is 248 g/mol. The molecule has 0 heterocycles. The van der Waals surface area contributed by atoms with E-state index in [0.717, 1.165) is 0 Å². The lowest BCUT2D eigenvalue weighted by atomic mass is 9.96. The molecule has 0 spiro atoms. The van der Waals surface area contributed by atoms with Gasteiger partial charge >= 0.3 is 6.18 Å². The first-order chi connectivity index (χ1) is 7.36. The number of hydrogen-bond donors (Lipinski definition) is 0. The summed E-state index contributed by atoms with van der Waals surface area (Å²) in [6.45, 7) is 0. The van der Waals surface area contributed by atoms with Crippen LogP contribution in [-0.2, 0) is 4.79 Å². The van der Waals surface area contributed by atoms with E-state index in [9.17, 15) is 18.0 Å². The topological polar surface area (TPSA) is 40.9 Å². The normalized spacial score (nSPS) is 12.9. The molecule has 84 valence electrons. The highest BCUT2D eigenvalue weighted by atomic mass is 35.5. The number of carbonyl (C=O) groups is 1. The van der Waals surface area contributed by atoms with Gasteiger partial charge in [0.1, 0.15) is 5.92 Å². The minimum atomic E-state index is -5.01. The third-order valence-electron chi connectivity index (χ3n) is 1.87. The van der Waals surface area contributed by atoms with Crippen molar-refractivity contribution in [2.24, 2.45) is 0 Å². The quantitative estimate of drug-likeness (QED) is 0.806. The van der Waals surface area contributed by atoms with Gasteiger partial charge < -0.3 is 0 Å². The van der Waals surface area contributed by atoms with Crippen LogP contribution in [0.15, 0.2) is 24.3 Å². The molecule has 0 aliphatic carbocycles. The number of hydrogen-bond acceptors (Lipinski definition) is 2. The lowest BCUT2D eigenvalue weighted by Crippen LogP contribution is -2.28. The van der Waals surface area contributed by atoms with Gasteiger partial charge in [-0.2, -0.15) is 18.4 Å². The second-order valence-electron chi connectivity index (χ2n) is 2.98. The smallest absolute Gasteiger partial charge is 0.288 e. The van der Waals surface area contributed by atoms with Crippen molar-refractivity contribution in [2.75, 3.05) is 0 Å². The maximum atomic E-state index is 12.1. The largest absolute Gasteiger partial charge is 0.451 e. The Hall–Kier alpha value is -1.54. The van der Waals surface area contributed by atoms with Gasteiger partial charge in [-0.05, 0) is 17.7 Å². The number of Topliss-reactive ketones (excluding diaryl/α,β-unsaturated/α-hetero) is 1. The molecule has 1 atom stereocenters. The van der Waals surface area contributed by atoms with Gasteiger partial charge in [0.25, 0.3) is 5.78 Å². The summed E-state index contributed by atoms with van der Waals surface area (Å²) in [7, 11) is 0. The summed E-state index contributed by atoms with van der Waals surface area (Å²) in [6.07, 6.45) is -5.01. The molecule has 6 heteroatoms. The molecule has 0 bridgehead atoms. The van der Waals surface area contributed by atoms with Crippen molar-refractivity contribution in [3.63, 3.8) is 0 Å². The molecule has 16 heavy (non-hydrogen) atoms. The van der Waals surface area contributed by atoms with Gasteiger partial charge in [-0.25, -0.2) is 0 Å². The molecular formula is C10H5ClF3NO. The maximum absolute atomic E-state index is 12.1. The van der Waals surface area contributed by atoms with E-state index in [1.54, 1.807) is 0 Å². The second-order valence-corrected chi connectivity index (χ2v) is 3.41. The number of carbonyl (C=O) groups excluding carboxylic acids is 1. The zero-order chi connectivity index (χ0) is 12.3. The van der Waals surface area contributed by atoms with Crippen LogP contribution in [0.3, 0.4) is 0 Å². The van der Waals surface area contributed by atoms with Crippen LogP contribution in [0.5, 0.6) is 0 Å². The molecule has 0 N–H and O–H groups in total. The number of rotatable bonds is 2. The van der Waals surface area contributed by atoms with Crippen molar-refractivity contribution in [2.45, 2.75) is 12.1 Å². The van der Waals surface area contributed by atoms with Crippen LogP contribution in [0.2, 0.25) is 5.02 Å². The summed E-state index contributed by atoms with van der Waals surface area (Å²) < 4.78 is 36.4. The highest BCUT2D eigenvalue weighted by Crippen LogP contribution is 2.27. The predicted molar refractivity (Wildman–Crippen MR) is 50.9 cm³/mol. The zero-order valence-corrected chi connectivity index (χ0v) is 8.51. The van der Waals surface area contributed by atoms with E-state index in [0.29, 0.717) is 5.02 Å². The van der Waals surface area contributed by atoms with Crippen LogP contribution in [-0.4, -0.2) is 12.0 Å². The van der Waals surface area contributed by atoms with Gasteiger partial charge in [0.2, 0.25) is 0 Å². The van der Waals surface area contributed by atoms with Gasteiger partial charge in [0, 0.05) is 5.02 Å². The lowest BCUT2D eigenvalue weighted by molar-refractivity contribution is -0.171. The fourth-order valence-electron chi connectivity index (χ4n) is 1.10. The van der Waals surface area contributed by atoms with E-state index >= 15 is 0 Å². The van der Waals surface area contributed by atoms with Crippen LogP contribution in [0.1, 0.15) is 11.5 Å². The summed E-state index contributed by atoms with van der Waals surface area (Å²) in [6, 6.07) is 6.42. The number of nitrogens with zero attached hydrogens (tertiary/aromatic N) is 1. The molecule has 0 saturated carbocycles. The van der Waals surface area contributed by atoms with Crippen LogP contribution < -0.4 is 0 Å². The van der Waals surface area contributed by atoms with Crippen molar-refractivity contribution in [1.82, 2.24) is 0 Å². The Morgan fingerprint density at radius 1 is 1.31 bits per heavy atom. The number of halogens is 4. The van der Waals surface area contributed by atoms with E-state index < -0.39 is 17.9 Å². The molecule has 0 aromatic heterocycles. The molecule has 0 aliphatic heterocycles. The van der Waals surface area contributed by atoms with Crippen molar-refractivity contribution < 1.29 is 18.0 Å². The third kappa shape index (κ3) is 2.74. The number of alkyl halides is 3. The molecule has 1 aromatic carbocycles. The van der Waals surface area contributed by atoms with E-state index in [2.05, 4.69) is 0 Å². The Morgan fingerprint density at radius 2 is 1.81 bits per heavy atom. The SMILES string of the molecule is N#C[C@@H](C(=O)C(F)(F)F)c1ccc(Cl)cc1. The highest BCUT2D eigenvalue weighted by molar-refractivity contribution is 6.30. The van der Waals surface area contributed by atoms with Gasteiger partial charge in [0.05, 0.1) is 6.07 Å². The second kappa shape index (κ2) is 4.54. The number of benzene rings is 1. The Bertz CT molecular complexity index is 433. The Morgan fingerprint density at radius 3 is 2.19 bits per heavy atom. The molecule has 1 rings (SSSR count). The summed E-state index contributed by atoms with van der Waals surface area (Å²) in [5.41, 5.74) is -0.0192. The maximum Gasteiger partial charge on any atom is 0.451 e. The third-order valence-corrected chi connectivity index (χ3v) is 2.13. The summed E-state index contributed by atoms with van der Waals surface area (Å²) in [4.78, 5) is 10.9. The molecular weight excluding hydrogens is 243 g/mol. The van der Waals surface area contributed by atoms with Crippen molar-refractivity contribution in [3.8, 4) is 6.07 Å². The summed E-state index contributed by atoms with van der Waals surface area (Å²) >= 11 is 5.54. The molecule has 0 saturated heterocycles. The fraction of sp³-hybridized carbons (Fsp3) is 0.200. The van der Waals surface area contributed by atoms with Crippen LogP contribution in [0.4, 0.5) is 13.2 Å². The van der Waals surface area contributed by atoms with Gasteiger partial charge in [-0.15, -0.1) is 0 Å². The fourth-order valence-corrected chi connectivity index (χ4v) is 1.23. The van der Waals surface area contributed by atoms with Crippen LogP contribution in [0.25, 0.3) is 0 Å². The minimum absolute atomic E-state index is 0.0192. The van der Waals surface area contributed by atoms with E-state index in [1.807, 2.05) is 0 Å². The standard InChI is InChI=1S/C10H5ClF3NO/c11-7-3-1-6(2-4-7)8(5-15)9(16)10(12,13)14/h1-4,8H/t8-/m1/s1. The number of nitriles is 1. The first kappa shape index (κ1) is 12.5. The minimum Gasteiger partial charge on any atom is -0.288 e. The first-order valence-corrected chi connectivity index (χ1v) is 4.50. The summed E-state index contributed by atoms with van der Waals surface area (Å²) in [5, 5.41) is 8.90. The van der Waals surface area contributed by atoms with Crippen LogP contribution in [0, 0.1) is 11.3 Å². The highest BCUT2D eigenvalue weighted by Gasteiger charge is 2.44. The molecule has 1 aromatic rings. The molecule has 0 aliphatic rings. The molecule has 0 fully saturated rings. The molecule has 2 nitrogen and oxygen atoms in total. The molecule has 0 amide bonds. The van der Waals surface area contributed by atoms with Crippen molar-refractivity contribution >= 4 is 17.4 Å². The molecule has 0 unspecified atom stereocenters. The van der Waals surface area contributed by atoms with Gasteiger partial charge in [0.15, 0.2) is 0 Å². The molecule has 0 radical (unpaired) electrons. The monoisotopic (exact) mass is 247 g/mol. The van der Waals surface area contributed by atoms with Gasteiger partial charge in [-0.1, -0.05) is 23.7 Å². The Balaban J connectivity index is 3.06. The number of ketones is 1. The summed E-state index contributed by atoms with van der Waals surface area (Å²) in [5.74, 6) is -3.91. The van der Waals surface area contributed by atoms with Crippen LogP contribution >= 0.6 is 11.6 Å². The van der Waals surface area contributed by atoms with E-state index in [-0.39, 0.29) is 5.56 Å². The Kier molecular flexibility index (Phi) is 3.55. The lowest BCUT2D eigenvalue weighted by Gasteiger charge is -2.10. The zero-order valence-electron chi connectivity index (χ0n) is 7.75. The predicted octanol–water partition coefficient (Wildman–Crippen LogP) is 3.08. The van der Waals surface area contributed by atoms with Crippen molar-refractivity contribution in [3.05, 3.63) is 34.9 Å². The van der Waals surface area contributed by atoms with Gasteiger partial charge in [-0.3, -0.25) is 4.79 Å².